The summed E-state index contributed by atoms with van der Waals surface area (Å²) in [5, 5.41) is 3.31. The standard InChI is InChI=1S/C23H24N6O2/c1-27-19-9-4-3-8-18(19)22(30)28(2)20-15-24-23(26-21(20)27)25-16-6-5-7-17(14-16)29-10-12-31-13-11-29/h3-9,14-15H,10-13H2,1-2H3,(H,24,25,26). The van der Waals surface area contributed by atoms with E-state index >= 15 is 0 Å². The zero-order valence-electron chi connectivity index (χ0n) is 17.6. The molecule has 3 heterocycles. The second-order valence-corrected chi connectivity index (χ2v) is 7.62. The molecule has 158 valence electrons. The van der Waals surface area contributed by atoms with E-state index in [1.165, 1.54) is 0 Å². The zero-order chi connectivity index (χ0) is 21.4. The van der Waals surface area contributed by atoms with Crippen molar-refractivity contribution in [3.63, 3.8) is 0 Å². The molecule has 1 aromatic heterocycles. The topological polar surface area (TPSA) is 73.8 Å². The first kappa shape index (κ1) is 19.3. The van der Waals surface area contributed by atoms with E-state index in [1.807, 2.05) is 48.3 Å². The molecule has 31 heavy (non-hydrogen) atoms. The number of ether oxygens (including phenoxy) is 1. The smallest absolute Gasteiger partial charge is 0.260 e. The summed E-state index contributed by atoms with van der Waals surface area (Å²) in [7, 11) is 3.67. The van der Waals surface area contributed by atoms with Crippen LogP contribution in [0.5, 0.6) is 0 Å². The summed E-state index contributed by atoms with van der Waals surface area (Å²) < 4.78 is 5.45. The monoisotopic (exact) mass is 416 g/mol. The molecule has 0 aliphatic carbocycles. The quantitative estimate of drug-likeness (QED) is 0.701. The summed E-state index contributed by atoms with van der Waals surface area (Å²) in [6.07, 6.45) is 1.69. The van der Waals surface area contributed by atoms with Crippen molar-refractivity contribution in [2.75, 3.05) is 60.4 Å². The Morgan fingerprint density at radius 3 is 2.61 bits per heavy atom. The number of hydrogen-bond acceptors (Lipinski definition) is 7. The van der Waals surface area contributed by atoms with Gasteiger partial charge in [0.05, 0.1) is 30.7 Å². The number of fused-ring (bicyclic) bond motifs is 2. The minimum Gasteiger partial charge on any atom is -0.378 e. The summed E-state index contributed by atoms with van der Waals surface area (Å²) in [6, 6.07) is 15.8. The minimum atomic E-state index is -0.0799. The molecule has 8 heteroatoms. The largest absolute Gasteiger partial charge is 0.378 e. The highest BCUT2D eigenvalue weighted by Gasteiger charge is 2.28. The van der Waals surface area contributed by atoms with Crippen molar-refractivity contribution in [2.45, 2.75) is 0 Å². The Hall–Kier alpha value is -3.65. The maximum Gasteiger partial charge on any atom is 0.260 e. The van der Waals surface area contributed by atoms with Gasteiger partial charge in [-0.1, -0.05) is 18.2 Å². The van der Waals surface area contributed by atoms with Crippen molar-refractivity contribution >= 4 is 40.4 Å². The van der Waals surface area contributed by atoms with Gasteiger partial charge in [-0.05, 0) is 30.3 Å². The Bertz CT molecular complexity index is 1130. The van der Waals surface area contributed by atoms with Crippen LogP contribution in [-0.4, -0.2) is 56.3 Å². The van der Waals surface area contributed by atoms with Crippen LogP contribution in [0.3, 0.4) is 0 Å². The SMILES string of the molecule is CN1C(=O)c2ccccc2N(C)c2nc(Nc3cccc(N4CCOCC4)c3)ncc21. The third-order valence-electron chi connectivity index (χ3n) is 5.71. The molecular formula is C23H24N6O2. The number of nitrogens with zero attached hydrogens (tertiary/aromatic N) is 5. The molecule has 0 unspecified atom stereocenters. The molecule has 1 N–H and O–H groups in total. The van der Waals surface area contributed by atoms with Crippen LogP contribution >= 0.6 is 0 Å². The number of carbonyl (C=O) groups excluding carboxylic acids is 1. The third-order valence-corrected chi connectivity index (χ3v) is 5.71. The highest BCUT2D eigenvalue weighted by molar-refractivity contribution is 6.13. The molecule has 0 spiro atoms. The second kappa shape index (κ2) is 7.88. The molecule has 2 aromatic carbocycles. The molecule has 3 aromatic rings. The van der Waals surface area contributed by atoms with Crippen molar-refractivity contribution in [3.8, 4) is 0 Å². The Kier molecular flexibility index (Phi) is 4.91. The lowest BCUT2D eigenvalue weighted by Gasteiger charge is -2.29. The van der Waals surface area contributed by atoms with Crippen LogP contribution in [0.2, 0.25) is 0 Å². The predicted octanol–water partition coefficient (Wildman–Crippen LogP) is 3.41. The number of morpholine rings is 1. The van der Waals surface area contributed by atoms with E-state index in [4.69, 9.17) is 9.72 Å². The Morgan fingerprint density at radius 2 is 1.77 bits per heavy atom. The van der Waals surface area contributed by atoms with Crippen molar-refractivity contribution in [3.05, 3.63) is 60.3 Å². The van der Waals surface area contributed by atoms with E-state index in [2.05, 4.69) is 27.3 Å². The van der Waals surface area contributed by atoms with Gasteiger partial charge in [-0.2, -0.15) is 4.98 Å². The van der Waals surface area contributed by atoms with Crippen molar-refractivity contribution in [1.82, 2.24) is 9.97 Å². The number of carbonyl (C=O) groups is 1. The highest BCUT2D eigenvalue weighted by Crippen LogP contribution is 2.38. The van der Waals surface area contributed by atoms with E-state index in [-0.39, 0.29) is 5.91 Å². The van der Waals surface area contributed by atoms with Crippen molar-refractivity contribution in [1.29, 1.82) is 0 Å². The number of benzene rings is 2. The number of hydrogen-bond donors (Lipinski definition) is 1. The number of anilines is 6. The van der Waals surface area contributed by atoms with E-state index in [0.29, 0.717) is 23.0 Å². The number of para-hydroxylation sites is 1. The Balaban J connectivity index is 1.47. The molecule has 0 bridgehead atoms. The van der Waals surface area contributed by atoms with E-state index in [9.17, 15) is 4.79 Å². The van der Waals surface area contributed by atoms with Crippen LogP contribution in [0, 0.1) is 0 Å². The minimum absolute atomic E-state index is 0.0799. The average Bonchev–Trinajstić information content (AvgIpc) is 2.90. The molecule has 1 amide bonds. The molecule has 0 atom stereocenters. The third kappa shape index (κ3) is 3.55. The lowest BCUT2D eigenvalue weighted by molar-refractivity contribution is 0.0994. The fourth-order valence-corrected chi connectivity index (χ4v) is 3.99. The van der Waals surface area contributed by atoms with E-state index < -0.39 is 0 Å². The fourth-order valence-electron chi connectivity index (χ4n) is 3.99. The van der Waals surface area contributed by atoms with Gasteiger partial charge < -0.3 is 24.8 Å². The Labute approximate surface area is 181 Å². The van der Waals surface area contributed by atoms with Gasteiger partial charge in [-0.3, -0.25) is 4.79 Å². The molecular weight excluding hydrogens is 392 g/mol. The first-order chi connectivity index (χ1) is 15.1. The molecule has 1 saturated heterocycles. The molecule has 1 fully saturated rings. The molecule has 2 aliphatic heterocycles. The maximum absolute atomic E-state index is 12.9. The van der Waals surface area contributed by atoms with Gasteiger partial charge in [0.15, 0.2) is 5.82 Å². The summed E-state index contributed by atoms with van der Waals surface area (Å²) >= 11 is 0. The highest BCUT2D eigenvalue weighted by atomic mass is 16.5. The van der Waals surface area contributed by atoms with E-state index in [1.54, 1.807) is 18.1 Å². The second-order valence-electron chi connectivity index (χ2n) is 7.62. The van der Waals surface area contributed by atoms with Crippen LogP contribution in [0.25, 0.3) is 0 Å². The average molecular weight is 416 g/mol. The van der Waals surface area contributed by atoms with Crippen LogP contribution in [0.1, 0.15) is 10.4 Å². The summed E-state index contributed by atoms with van der Waals surface area (Å²) in [6.45, 7) is 3.24. The molecule has 8 nitrogen and oxygen atoms in total. The Morgan fingerprint density at radius 1 is 0.968 bits per heavy atom. The number of nitrogens with one attached hydrogen (secondary N) is 1. The van der Waals surface area contributed by atoms with Gasteiger partial charge in [0, 0.05) is 38.6 Å². The molecule has 5 rings (SSSR count). The summed E-state index contributed by atoms with van der Waals surface area (Å²) in [4.78, 5) is 28.0. The van der Waals surface area contributed by atoms with Crippen LogP contribution in [0.4, 0.5) is 34.5 Å². The zero-order valence-corrected chi connectivity index (χ0v) is 17.6. The fraction of sp³-hybridized carbons (Fsp3) is 0.261. The van der Waals surface area contributed by atoms with Crippen molar-refractivity contribution < 1.29 is 9.53 Å². The molecule has 0 saturated carbocycles. The molecule has 2 aliphatic rings. The number of amides is 1. The summed E-state index contributed by atoms with van der Waals surface area (Å²) in [5.41, 5.74) is 4.16. The van der Waals surface area contributed by atoms with Crippen molar-refractivity contribution in [2.24, 2.45) is 0 Å². The maximum atomic E-state index is 12.9. The van der Waals surface area contributed by atoms with Gasteiger partial charge in [0.25, 0.3) is 5.91 Å². The first-order valence-corrected chi connectivity index (χ1v) is 10.3. The number of aromatic nitrogens is 2. The molecule has 0 radical (unpaired) electrons. The normalized spacial score (nSPS) is 15.9. The summed E-state index contributed by atoms with van der Waals surface area (Å²) in [5.74, 6) is 1.07. The van der Waals surface area contributed by atoms with Gasteiger partial charge in [-0.25, -0.2) is 4.98 Å². The van der Waals surface area contributed by atoms with E-state index in [0.717, 1.165) is 43.4 Å². The first-order valence-electron chi connectivity index (χ1n) is 10.3. The van der Waals surface area contributed by atoms with Crippen LogP contribution in [0.15, 0.2) is 54.7 Å². The lowest BCUT2D eigenvalue weighted by Crippen LogP contribution is -2.36. The van der Waals surface area contributed by atoms with Gasteiger partial charge in [-0.15, -0.1) is 0 Å². The van der Waals surface area contributed by atoms with Gasteiger partial charge in [0.1, 0.15) is 5.69 Å². The van der Waals surface area contributed by atoms with Crippen LogP contribution in [-0.2, 0) is 4.74 Å². The number of rotatable bonds is 3. The predicted molar refractivity (Wildman–Crippen MR) is 122 cm³/mol. The van der Waals surface area contributed by atoms with Crippen LogP contribution < -0.4 is 20.0 Å². The van der Waals surface area contributed by atoms with Gasteiger partial charge in [0.2, 0.25) is 5.95 Å². The lowest BCUT2D eigenvalue weighted by atomic mass is 10.1. The van der Waals surface area contributed by atoms with Gasteiger partial charge >= 0.3 is 0 Å².